The van der Waals surface area contributed by atoms with Crippen molar-refractivity contribution in [2.45, 2.75) is 31.6 Å². The lowest BCUT2D eigenvalue weighted by atomic mass is 10.1. The number of hydrogen-bond acceptors (Lipinski definition) is 5. The molecule has 3 rings (SSSR count). The van der Waals surface area contributed by atoms with Crippen LogP contribution in [-0.4, -0.2) is 45.9 Å². The summed E-state index contributed by atoms with van der Waals surface area (Å²) in [5.41, 5.74) is 1.94. The molecule has 8 heteroatoms. The Bertz CT molecular complexity index is 983. The molecule has 0 bridgehead atoms. The van der Waals surface area contributed by atoms with Gasteiger partial charge >= 0.3 is 0 Å². The summed E-state index contributed by atoms with van der Waals surface area (Å²) >= 11 is 0. The maximum atomic E-state index is 12.7. The van der Waals surface area contributed by atoms with Crippen LogP contribution < -0.4 is 14.8 Å². The van der Waals surface area contributed by atoms with E-state index in [1.165, 1.54) is 4.31 Å². The lowest BCUT2D eigenvalue weighted by molar-refractivity contribution is 0.0939. The zero-order valence-corrected chi connectivity index (χ0v) is 18.4. The molecule has 2 aromatic rings. The number of ether oxygens (including phenoxy) is 2. The van der Waals surface area contributed by atoms with Crippen LogP contribution >= 0.6 is 0 Å². The molecule has 0 spiro atoms. The van der Waals surface area contributed by atoms with E-state index in [0.29, 0.717) is 35.7 Å². The van der Waals surface area contributed by atoms with Gasteiger partial charge in [-0.1, -0.05) is 12.1 Å². The van der Waals surface area contributed by atoms with Crippen molar-refractivity contribution in [2.75, 3.05) is 27.3 Å². The van der Waals surface area contributed by atoms with Gasteiger partial charge in [0, 0.05) is 24.2 Å². The van der Waals surface area contributed by atoms with Gasteiger partial charge in [-0.05, 0) is 55.7 Å². The average molecular weight is 433 g/mol. The number of carbonyl (C=O) groups excluding carboxylic acids is 1. The molecule has 2 aromatic carbocycles. The lowest BCUT2D eigenvalue weighted by Crippen LogP contribution is -2.29. The zero-order chi connectivity index (χ0) is 21.7. The Balaban J connectivity index is 1.67. The van der Waals surface area contributed by atoms with E-state index in [1.807, 2.05) is 13.0 Å². The summed E-state index contributed by atoms with van der Waals surface area (Å²) in [5.74, 6) is 1.04. The quantitative estimate of drug-likeness (QED) is 0.693. The number of benzene rings is 2. The highest BCUT2D eigenvalue weighted by Gasteiger charge is 2.25. The third-order valence-electron chi connectivity index (χ3n) is 5.27. The summed E-state index contributed by atoms with van der Waals surface area (Å²) in [7, 11) is -0.147. The van der Waals surface area contributed by atoms with E-state index >= 15 is 0 Å². The predicted octanol–water partition coefficient (Wildman–Crippen LogP) is 3.12. The first-order valence-corrected chi connectivity index (χ1v) is 11.5. The van der Waals surface area contributed by atoms with Crippen LogP contribution in [0.4, 0.5) is 0 Å². The standard InChI is InChI=1S/C22H28N2O5S/c1-16(20-14-19(28-2)10-11-21(20)29-3)23-22(25)18-8-6-17(7-9-18)15-30(26,27)24-12-4-5-13-24/h6-11,14,16H,4-5,12-13,15H2,1-3H3,(H,23,25)/t16-/m1/s1. The third kappa shape index (κ3) is 5.12. The number of hydrogen-bond donors (Lipinski definition) is 1. The fraction of sp³-hybridized carbons (Fsp3) is 0.409. The zero-order valence-electron chi connectivity index (χ0n) is 17.6. The van der Waals surface area contributed by atoms with Gasteiger partial charge in [0.15, 0.2) is 0 Å². The van der Waals surface area contributed by atoms with Gasteiger partial charge in [0.05, 0.1) is 26.0 Å². The Kier molecular flexibility index (Phi) is 6.99. The second-order valence-electron chi connectivity index (χ2n) is 7.36. The number of sulfonamides is 1. The number of nitrogens with one attached hydrogen (secondary N) is 1. The van der Waals surface area contributed by atoms with Crippen molar-refractivity contribution in [3.05, 3.63) is 59.2 Å². The first-order valence-electron chi connectivity index (χ1n) is 9.93. The highest BCUT2D eigenvalue weighted by molar-refractivity contribution is 7.88. The van der Waals surface area contributed by atoms with Gasteiger partial charge in [0.2, 0.25) is 10.0 Å². The second kappa shape index (κ2) is 9.49. The molecule has 1 saturated heterocycles. The van der Waals surface area contributed by atoms with Crippen LogP contribution in [0, 0.1) is 0 Å². The SMILES string of the molecule is COc1ccc(OC)c([C@@H](C)NC(=O)c2ccc(CS(=O)(=O)N3CCCC3)cc2)c1. The molecule has 1 aliphatic rings. The van der Waals surface area contributed by atoms with Crippen molar-refractivity contribution >= 4 is 15.9 Å². The summed E-state index contributed by atoms with van der Waals surface area (Å²) < 4.78 is 37.1. The molecule has 0 saturated carbocycles. The number of carbonyl (C=O) groups is 1. The number of amides is 1. The molecule has 0 unspecified atom stereocenters. The Morgan fingerprint density at radius 3 is 2.33 bits per heavy atom. The molecule has 1 aliphatic heterocycles. The first kappa shape index (κ1) is 22.1. The Morgan fingerprint density at radius 1 is 1.07 bits per heavy atom. The largest absolute Gasteiger partial charge is 0.497 e. The highest BCUT2D eigenvalue weighted by Crippen LogP contribution is 2.29. The molecular formula is C22H28N2O5S. The highest BCUT2D eigenvalue weighted by atomic mass is 32.2. The topological polar surface area (TPSA) is 84.9 Å². The monoisotopic (exact) mass is 432 g/mol. The van der Waals surface area contributed by atoms with Crippen LogP contribution in [0.25, 0.3) is 0 Å². The van der Waals surface area contributed by atoms with E-state index in [2.05, 4.69) is 5.32 Å². The van der Waals surface area contributed by atoms with Gasteiger partial charge in [-0.3, -0.25) is 4.79 Å². The van der Waals surface area contributed by atoms with Crippen LogP contribution in [0.3, 0.4) is 0 Å². The number of nitrogens with zero attached hydrogens (tertiary/aromatic N) is 1. The van der Waals surface area contributed by atoms with E-state index in [0.717, 1.165) is 18.4 Å². The molecule has 30 heavy (non-hydrogen) atoms. The van der Waals surface area contributed by atoms with Crippen molar-refractivity contribution in [2.24, 2.45) is 0 Å². The predicted molar refractivity (Wildman–Crippen MR) is 115 cm³/mol. The third-order valence-corrected chi connectivity index (χ3v) is 7.12. The summed E-state index contributed by atoms with van der Waals surface area (Å²) in [6.07, 6.45) is 1.82. The van der Waals surface area contributed by atoms with Crippen molar-refractivity contribution in [3.8, 4) is 11.5 Å². The molecule has 1 atom stereocenters. The normalized spacial score (nSPS) is 15.6. The Hall–Kier alpha value is -2.58. The fourth-order valence-electron chi connectivity index (χ4n) is 3.56. The molecule has 0 aromatic heterocycles. The minimum atomic E-state index is -3.31. The van der Waals surface area contributed by atoms with Crippen LogP contribution in [0.2, 0.25) is 0 Å². The molecule has 1 amide bonds. The smallest absolute Gasteiger partial charge is 0.251 e. The second-order valence-corrected chi connectivity index (χ2v) is 9.33. The fourth-order valence-corrected chi connectivity index (χ4v) is 5.17. The van der Waals surface area contributed by atoms with Gasteiger partial charge in [0.1, 0.15) is 11.5 Å². The van der Waals surface area contributed by atoms with Gasteiger partial charge in [0.25, 0.3) is 5.91 Å². The van der Waals surface area contributed by atoms with E-state index < -0.39 is 10.0 Å². The summed E-state index contributed by atoms with van der Waals surface area (Å²) in [4.78, 5) is 12.7. The Morgan fingerprint density at radius 2 is 1.73 bits per heavy atom. The van der Waals surface area contributed by atoms with Crippen LogP contribution in [0.15, 0.2) is 42.5 Å². The maximum absolute atomic E-state index is 12.7. The minimum absolute atomic E-state index is 0.0493. The molecule has 0 radical (unpaired) electrons. The van der Waals surface area contributed by atoms with E-state index in [9.17, 15) is 13.2 Å². The van der Waals surface area contributed by atoms with Gasteiger partial charge in [-0.15, -0.1) is 0 Å². The van der Waals surface area contributed by atoms with Crippen LogP contribution in [0.1, 0.15) is 47.3 Å². The van der Waals surface area contributed by atoms with Gasteiger partial charge < -0.3 is 14.8 Å². The molecular weight excluding hydrogens is 404 g/mol. The van der Waals surface area contributed by atoms with Gasteiger partial charge in [-0.2, -0.15) is 0 Å². The van der Waals surface area contributed by atoms with Crippen LogP contribution in [-0.2, 0) is 15.8 Å². The molecule has 1 N–H and O–H groups in total. The van der Waals surface area contributed by atoms with Crippen molar-refractivity contribution in [1.82, 2.24) is 9.62 Å². The molecule has 1 fully saturated rings. The first-order chi connectivity index (χ1) is 14.3. The number of methoxy groups -OCH3 is 2. The molecule has 162 valence electrons. The maximum Gasteiger partial charge on any atom is 0.251 e. The summed E-state index contributed by atoms with van der Waals surface area (Å²) in [6.45, 7) is 3.05. The average Bonchev–Trinajstić information content (AvgIpc) is 3.29. The van der Waals surface area contributed by atoms with Crippen molar-refractivity contribution in [3.63, 3.8) is 0 Å². The summed E-state index contributed by atoms with van der Waals surface area (Å²) in [6, 6.07) is 11.8. The summed E-state index contributed by atoms with van der Waals surface area (Å²) in [5, 5.41) is 2.95. The molecule has 0 aliphatic carbocycles. The Labute approximate surface area is 178 Å². The molecule has 1 heterocycles. The minimum Gasteiger partial charge on any atom is -0.497 e. The van der Waals surface area contributed by atoms with Gasteiger partial charge in [-0.25, -0.2) is 12.7 Å². The van der Waals surface area contributed by atoms with Crippen LogP contribution in [0.5, 0.6) is 11.5 Å². The van der Waals surface area contributed by atoms with Crippen molar-refractivity contribution < 1.29 is 22.7 Å². The van der Waals surface area contributed by atoms with Crippen molar-refractivity contribution in [1.29, 1.82) is 0 Å². The van der Waals surface area contributed by atoms with E-state index in [1.54, 1.807) is 50.6 Å². The lowest BCUT2D eigenvalue weighted by Gasteiger charge is -2.18. The molecule has 7 nitrogen and oxygen atoms in total. The van der Waals surface area contributed by atoms with E-state index in [-0.39, 0.29) is 17.7 Å². The number of rotatable bonds is 8. The van der Waals surface area contributed by atoms with E-state index in [4.69, 9.17) is 9.47 Å².